The summed E-state index contributed by atoms with van der Waals surface area (Å²) in [7, 11) is 1.77. The van der Waals surface area contributed by atoms with Crippen LogP contribution in [0.3, 0.4) is 0 Å². The molecule has 0 saturated carbocycles. The molecule has 18 heavy (non-hydrogen) atoms. The molecule has 0 aliphatic heterocycles. The summed E-state index contributed by atoms with van der Waals surface area (Å²) in [6.45, 7) is 0. The summed E-state index contributed by atoms with van der Waals surface area (Å²) < 4.78 is 13.2. The molecular formula is C14H11ClFNO. The Morgan fingerprint density at radius 2 is 2.00 bits per heavy atom. The normalized spacial score (nSPS) is 10.2. The van der Waals surface area contributed by atoms with Crippen molar-refractivity contribution in [2.45, 2.75) is 0 Å². The minimum Gasteiger partial charge on any atom is -0.344 e. The summed E-state index contributed by atoms with van der Waals surface area (Å²) in [4.78, 5) is 12.8. The molecule has 2 rings (SSSR count). The van der Waals surface area contributed by atoms with Crippen LogP contribution in [-0.4, -0.2) is 13.3 Å². The second kappa shape index (κ2) is 5.19. The third-order valence-corrected chi connectivity index (χ3v) is 2.91. The van der Waals surface area contributed by atoms with Crippen molar-refractivity contribution in [2.24, 2.45) is 0 Å². The standard InChI is InChI=1S/C14H11ClFNO/c1-17(13-4-2-3-12(16)8-13)14-6-5-11(15)7-10(14)9-18/h2-9H,1H3. The Bertz CT molecular complexity index is 586. The maximum Gasteiger partial charge on any atom is 0.152 e. The summed E-state index contributed by atoms with van der Waals surface area (Å²) in [5.41, 5.74) is 1.81. The van der Waals surface area contributed by atoms with Crippen molar-refractivity contribution in [1.29, 1.82) is 0 Å². The van der Waals surface area contributed by atoms with Gasteiger partial charge in [0.05, 0.1) is 5.69 Å². The first-order valence-electron chi connectivity index (χ1n) is 5.36. The highest BCUT2D eigenvalue weighted by molar-refractivity contribution is 6.31. The van der Waals surface area contributed by atoms with Crippen LogP contribution in [0.15, 0.2) is 42.5 Å². The van der Waals surface area contributed by atoms with Crippen LogP contribution >= 0.6 is 11.6 Å². The van der Waals surface area contributed by atoms with E-state index in [1.54, 1.807) is 42.3 Å². The Labute approximate surface area is 110 Å². The minimum absolute atomic E-state index is 0.319. The zero-order valence-corrected chi connectivity index (χ0v) is 10.5. The van der Waals surface area contributed by atoms with Gasteiger partial charge in [-0.05, 0) is 36.4 Å². The predicted octanol–water partition coefficient (Wildman–Crippen LogP) is 4.06. The minimum atomic E-state index is -0.319. The first-order chi connectivity index (χ1) is 8.61. The molecule has 0 unspecified atom stereocenters. The van der Waals surface area contributed by atoms with Gasteiger partial charge < -0.3 is 4.90 Å². The van der Waals surface area contributed by atoms with Crippen molar-refractivity contribution in [1.82, 2.24) is 0 Å². The third-order valence-electron chi connectivity index (χ3n) is 2.67. The van der Waals surface area contributed by atoms with Gasteiger partial charge in [-0.1, -0.05) is 17.7 Å². The number of carbonyl (C=O) groups is 1. The molecule has 2 nitrogen and oxygen atoms in total. The van der Waals surface area contributed by atoms with E-state index in [-0.39, 0.29) is 5.82 Å². The van der Waals surface area contributed by atoms with E-state index in [9.17, 15) is 9.18 Å². The van der Waals surface area contributed by atoms with Gasteiger partial charge in [-0.2, -0.15) is 0 Å². The molecule has 0 radical (unpaired) electrons. The largest absolute Gasteiger partial charge is 0.344 e. The van der Waals surface area contributed by atoms with Crippen LogP contribution < -0.4 is 4.90 Å². The van der Waals surface area contributed by atoms with Crippen LogP contribution in [0.2, 0.25) is 5.02 Å². The number of aldehydes is 1. The SMILES string of the molecule is CN(c1cccc(F)c1)c1ccc(Cl)cc1C=O. The van der Waals surface area contributed by atoms with Crippen LogP contribution in [0, 0.1) is 5.82 Å². The summed E-state index contributed by atoms with van der Waals surface area (Å²) in [6.07, 6.45) is 0.733. The maximum atomic E-state index is 13.2. The Kier molecular flexibility index (Phi) is 3.63. The van der Waals surface area contributed by atoms with Crippen molar-refractivity contribution < 1.29 is 9.18 Å². The van der Waals surface area contributed by atoms with Gasteiger partial charge in [0.25, 0.3) is 0 Å². The highest BCUT2D eigenvalue weighted by Crippen LogP contribution is 2.28. The van der Waals surface area contributed by atoms with Crippen LogP contribution in [0.1, 0.15) is 10.4 Å². The van der Waals surface area contributed by atoms with Gasteiger partial charge in [0.1, 0.15) is 5.82 Å². The lowest BCUT2D eigenvalue weighted by Crippen LogP contribution is -2.11. The van der Waals surface area contributed by atoms with Gasteiger partial charge in [0, 0.05) is 23.3 Å². The molecule has 2 aromatic rings. The van der Waals surface area contributed by atoms with Crippen LogP contribution in [0.25, 0.3) is 0 Å². The summed E-state index contributed by atoms with van der Waals surface area (Å²) in [5, 5.41) is 0.494. The van der Waals surface area contributed by atoms with Crippen LogP contribution in [0.5, 0.6) is 0 Å². The van der Waals surface area contributed by atoms with Gasteiger partial charge in [-0.15, -0.1) is 0 Å². The number of benzene rings is 2. The lowest BCUT2D eigenvalue weighted by atomic mass is 10.1. The van der Waals surface area contributed by atoms with Gasteiger partial charge in [0.2, 0.25) is 0 Å². The maximum absolute atomic E-state index is 13.2. The summed E-state index contributed by atoms with van der Waals surface area (Å²) in [5.74, 6) is -0.319. The molecule has 0 aliphatic carbocycles. The van der Waals surface area contributed by atoms with E-state index in [0.717, 1.165) is 6.29 Å². The Balaban J connectivity index is 2.45. The van der Waals surface area contributed by atoms with Crippen LogP contribution in [0.4, 0.5) is 15.8 Å². The molecule has 0 bridgehead atoms. The molecule has 0 amide bonds. The van der Waals surface area contributed by atoms with Crippen molar-refractivity contribution in [2.75, 3.05) is 11.9 Å². The molecule has 0 aromatic heterocycles. The second-order valence-electron chi connectivity index (χ2n) is 3.86. The Hall–Kier alpha value is -1.87. The Morgan fingerprint density at radius 1 is 1.22 bits per heavy atom. The molecule has 0 saturated heterocycles. The monoisotopic (exact) mass is 263 g/mol. The molecular weight excluding hydrogens is 253 g/mol. The smallest absolute Gasteiger partial charge is 0.152 e. The molecule has 4 heteroatoms. The zero-order valence-electron chi connectivity index (χ0n) is 9.73. The van der Waals surface area contributed by atoms with E-state index < -0.39 is 0 Å². The molecule has 0 aliphatic rings. The Morgan fingerprint density at radius 3 is 2.67 bits per heavy atom. The fraction of sp³-hybridized carbons (Fsp3) is 0.0714. The number of carbonyl (C=O) groups excluding carboxylic acids is 1. The lowest BCUT2D eigenvalue weighted by molar-refractivity contribution is 0.112. The fourth-order valence-corrected chi connectivity index (χ4v) is 1.93. The average Bonchev–Trinajstić information content (AvgIpc) is 2.37. The number of nitrogens with zero attached hydrogens (tertiary/aromatic N) is 1. The first-order valence-corrected chi connectivity index (χ1v) is 5.73. The topological polar surface area (TPSA) is 20.3 Å². The van der Waals surface area contributed by atoms with Crippen molar-refractivity contribution in [3.05, 3.63) is 58.9 Å². The lowest BCUT2D eigenvalue weighted by Gasteiger charge is -2.21. The summed E-state index contributed by atoms with van der Waals surface area (Å²) in [6, 6.07) is 11.2. The fourth-order valence-electron chi connectivity index (χ4n) is 1.75. The zero-order chi connectivity index (χ0) is 13.1. The predicted molar refractivity (Wildman–Crippen MR) is 71.3 cm³/mol. The van der Waals surface area contributed by atoms with Crippen molar-refractivity contribution in [3.8, 4) is 0 Å². The van der Waals surface area contributed by atoms with Gasteiger partial charge >= 0.3 is 0 Å². The van der Waals surface area contributed by atoms with E-state index in [4.69, 9.17) is 11.6 Å². The molecule has 0 fully saturated rings. The van der Waals surface area contributed by atoms with Crippen molar-refractivity contribution >= 4 is 29.3 Å². The molecule has 0 heterocycles. The molecule has 0 spiro atoms. The number of anilines is 2. The van der Waals surface area contributed by atoms with E-state index >= 15 is 0 Å². The average molecular weight is 264 g/mol. The van der Waals surface area contributed by atoms with E-state index in [2.05, 4.69) is 0 Å². The van der Waals surface area contributed by atoms with Gasteiger partial charge in [-0.3, -0.25) is 4.79 Å². The van der Waals surface area contributed by atoms with E-state index in [0.29, 0.717) is 22.0 Å². The number of rotatable bonds is 3. The first kappa shape index (κ1) is 12.6. The number of hydrogen-bond acceptors (Lipinski definition) is 2. The van der Waals surface area contributed by atoms with Gasteiger partial charge in [-0.25, -0.2) is 4.39 Å². The molecule has 92 valence electrons. The molecule has 2 aromatic carbocycles. The molecule has 0 N–H and O–H groups in total. The highest BCUT2D eigenvalue weighted by atomic mass is 35.5. The van der Waals surface area contributed by atoms with Gasteiger partial charge in [0.15, 0.2) is 6.29 Å². The van der Waals surface area contributed by atoms with E-state index in [1.165, 1.54) is 12.1 Å². The highest BCUT2D eigenvalue weighted by Gasteiger charge is 2.10. The second-order valence-corrected chi connectivity index (χ2v) is 4.30. The quantitative estimate of drug-likeness (QED) is 0.779. The van der Waals surface area contributed by atoms with Crippen molar-refractivity contribution in [3.63, 3.8) is 0 Å². The number of halogens is 2. The third kappa shape index (κ3) is 2.51. The molecule has 0 atom stereocenters. The van der Waals surface area contributed by atoms with Crippen LogP contribution in [-0.2, 0) is 0 Å². The van der Waals surface area contributed by atoms with E-state index in [1.807, 2.05) is 0 Å². The number of hydrogen-bond donors (Lipinski definition) is 0. The summed E-state index contributed by atoms with van der Waals surface area (Å²) >= 11 is 5.83.